The molecule has 0 bridgehead atoms. The highest BCUT2D eigenvalue weighted by atomic mass is 32.2. The van der Waals surface area contributed by atoms with Gasteiger partial charge in [0.1, 0.15) is 0 Å². The van der Waals surface area contributed by atoms with Crippen molar-refractivity contribution in [2.24, 2.45) is 0 Å². The van der Waals surface area contributed by atoms with Gasteiger partial charge in [0, 0.05) is 12.5 Å². The third kappa shape index (κ3) is 3.35. The Morgan fingerprint density at radius 1 is 1.33 bits per heavy atom. The summed E-state index contributed by atoms with van der Waals surface area (Å²) in [6, 6.07) is 10.1. The zero-order valence-corrected chi connectivity index (χ0v) is 11.6. The fraction of sp³-hybridized carbons (Fsp3) is 0.200. The molecule has 1 aromatic rings. The fourth-order valence-electron chi connectivity index (χ4n) is 1.74. The van der Waals surface area contributed by atoms with Gasteiger partial charge in [0.25, 0.3) is 0 Å². The molecule has 0 spiro atoms. The Morgan fingerprint density at radius 3 is 2.44 bits per heavy atom. The average Bonchev–Trinajstić information content (AvgIpc) is 2.76. The predicted octanol–water partition coefficient (Wildman–Crippen LogP) is 4.54. The monoisotopic (exact) mass is 256 g/mol. The van der Waals surface area contributed by atoms with E-state index in [1.54, 1.807) is 6.07 Å². The van der Waals surface area contributed by atoms with E-state index in [1.807, 2.05) is 23.6 Å². The van der Waals surface area contributed by atoms with Crippen molar-refractivity contribution in [1.82, 2.24) is 0 Å². The van der Waals surface area contributed by atoms with Gasteiger partial charge in [0.2, 0.25) is 0 Å². The zero-order valence-electron chi connectivity index (χ0n) is 10.8. The lowest BCUT2D eigenvalue weighted by atomic mass is 9.98. The number of hydrogen-bond donors (Lipinski definition) is 1. The molecule has 2 rings (SSSR count). The van der Waals surface area contributed by atoms with Gasteiger partial charge in [-0.2, -0.15) is 5.26 Å². The van der Waals surface area contributed by atoms with Crippen molar-refractivity contribution >= 4 is 22.4 Å². The quantitative estimate of drug-likeness (QED) is 0.802. The molecule has 1 aromatic carbocycles. The SMILES string of the molecule is C/C(=C1/C=CSC1=N)c1ccccc1C.CC#N. The molecule has 18 heavy (non-hydrogen) atoms. The highest BCUT2D eigenvalue weighted by Gasteiger charge is 2.13. The number of aryl methyl sites for hydroxylation is 1. The van der Waals surface area contributed by atoms with Crippen LogP contribution in [0.25, 0.3) is 5.57 Å². The summed E-state index contributed by atoms with van der Waals surface area (Å²) in [5, 5.41) is 17.7. The van der Waals surface area contributed by atoms with Crippen LogP contribution in [0.15, 0.2) is 41.3 Å². The Hall–Kier alpha value is -1.79. The second-order valence-corrected chi connectivity index (χ2v) is 4.74. The van der Waals surface area contributed by atoms with E-state index in [0.29, 0.717) is 5.04 Å². The van der Waals surface area contributed by atoms with Crippen molar-refractivity contribution < 1.29 is 0 Å². The van der Waals surface area contributed by atoms with Gasteiger partial charge in [-0.1, -0.05) is 36.0 Å². The van der Waals surface area contributed by atoms with Gasteiger partial charge in [-0.15, -0.1) is 0 Å². The van der Waals surface area contributed by atoms with E-state index < -0.39 is 0 Å². The molecule has 0 saturated carbocycles. The molecule has 0 saturated heterocycles. The normalized spacial score (nSPS) is 15.8. The molecule has 92 valence electrons. The number of nitrogens with zero attached hydrogens (tertiary/aromatic N) is 1. The third-order valence-electron chi connectivity index (χ3n) is 2.62. The first-order chi connectivity index (χ1) is 8.61. The van der Waals surface area contributed by atoms with Gasteiger partial charge in [0.15, 0.2) is 0 Å². The second kappa shape index (κ2) is 6.83. The van der Waals surface area contributed by atoms with Crippen LogP contribution in [0.4, 0.5) is 0 Å². The summed E-state index contributed by atoms with van der Waals surface area (Å²) in [5.74, 6) is 0. The number of rotatable bonds is 1. The van der Waals surface area contributed by atoms with Crippen LogP contribution in [0.5, 0.6) is 0 Å². The van der Waals surface area contributed by atoms with E-state index in [1.165, 1.54) is 35.4 Å². The summed E-state index contributed by atoms with van der Waals surface area (Å²) in [6.45, 7) is 5.62. The molecule has 0 unspecified atom stereocenters. The fourth-order valence-corrected chi connectivity index (χ4v) is 2.43. The molecule has 0 aliphatic carbocycles. The Balaban J connectivity index is 0.000000492. The topological polar surface area (TPSA) is 47.6 Å². The molecule has 0 aromatic heterocycles. The van der Waals surface area contributed by atoms with Gasteiger partial charge in [-0.3, -0.25) is 5.41 Å². The highest BCUT2D eigenvalue weighted by molar-refractivity contribution is 8.17. The summed E-state index contributed by atoms with van der Waals surface area (Å²) < 4.78 is 0. The van der Waals surface area contributed by atoms with Crippen LogP contribution >= 0.6 is 11.8 Å². The van der Waals surface area contributed by atoms with Crippen molar-refractivity contribution in [1.29, 1.82) is 10.7 Å². The molecule has 0 amide bonds. The molecule has 0 atom stereocenters. The maximum atomic E-state index is 7.80. The standard InChI is InChI=1S/C13H13NS.C2H3N/c1-9-5-3-4-6-11(9)10(2)12-7-8-15-13(12)14;1-2-3/h3-8,14H,1-2H3;1H3/b12-10+,14-13?;. The molecule has 0 radical (unpaired) electrons. The molecule has 0 fully saturated rings. The van der Waals surface area contributed by atoms with E-state index in [2.05, 4.69) is 26.0 Å². The first-order valence-corrected chi connectivity index (χ1v) is 6.49. The number of nitriles is 1. The average molecular weight is 256 g/mol. The highest BCUT2D eigenvalue weighted by Crippen LogP contribution is 2.30. The molecule has 3 heteroatoms. The number of nitrogens with one attached hydrogen (secondary N) is 1. The van der Waals surface area contributed by atoms with Crippen LogP contribution in [0.3, 0.4) is 0 Å². The Bertz CT molecular complexity index is 548. The van der Waals surface area contributed by atoms with Crippen LogP contribution in [0.1, 0.15) is 25.0 Å². The van der Waals surface area contributed by atoms with Crippen molar-refractivity contribution in [3.63, 3.8) is 0 Å². The summed E-state index contributed by atoms with van der Waals surface area (Å²) >= 11 is 1.48. The van der Waals surface area contributed by atoms with E-state index >= 15 is 0 Å². The Kier molecular flexibility index (Phi) is 5.41. The smallest absolute Gasteiger partial charge is 0.0987 e. The lowest BCUT2D eigenvalue weighted by molar-refractivity contribution is 1.40. The van der Waals surface area contributed by atoms with Gasteiger partial charge >= 0.3 is 0 Å². The second-order valence-electron chi connectivity index (χ2n) is 3.83. The van der Waals surface area contributed by atoms with E-state index in [-0.39, 0.29) is 0 Å². The van der Waals surface area contributed by atoms with Crippen molar-refractivity contribution in [2.45, 2.75) is 20.8 Å². The van der Waals surface area contributed by atoms with Gasteiger partial charge in [0.05, 0.1) is 11.1 Å². The molecule has 2 nitrogen and oxygen atoms in total. The van der Waals surface area contributed by atoms with Crippen molar-refractivity contribution in [3.8, 4) is 6.07 Å². The summed E-state index contributed by atoms with van der Waals surface area (Å²) in [4.78, 5) is 0. The molecular weight excluding hydrogens is 240 g/mol. The molecule has 1 aliphatic rings. The maximum absolute atomic E-state index is 7.80. The van der Waals surface area contributed by atoms with Crippen LogP contribution in [-0.4, -0.2) is 5.04 Å². The first-order valence-electron chi connectivity index (χ1n) is 5.61. The minimum atomic E-state index is 0.649. The Labute approximate surface area is 113 Å². The maximum Gasteiger partial charge on any atom is 0.0987 e. The number of allylic oxidation sites excluding steroid dienone is 2. The molecular formula is C15H16N2S. The van der Waals surface area contributed by atoms with Gasteiger partial charge in [-0.25, -0.2) is 0 Å². The molecule has 1 aliphatic heterocycles. The number of benzene rings is 1. The molecule has 1 N–H and O–H groups in total. The van der Waals surface area contributed by atoms with Crippen LogP contribution in [0, 0.1) is 23.7 Å². The number of hydrogen-bond acceptors (Lipinski definition) is 3. The summed E-state index contributed by atoms with van der Waals surface area (Å²) in [6.07, 6.45) is 2.02. The minimum absolute atomic E-state index is 0.649. The zero-order chi connectivity index (χ0) is 13.5. The third-order valence-corrected chi connectivity index (χ3v) is 3.35. The molecule has 1 heterocycles. The van der Waals surface area contributed by atoms with E-state index in [4.69, 9.17) is 10.7 Å². The van der Waals surface area contributed by atoms with Crippen LogP contribution < -0.4 is 0 Å². The van der Waals surface area contributed by atoms with Crippen molar-refractivity contribution in [3.05, 3.63) is 52.4 Å². The first kappa shape index (κ1) is 14.3. The lowest BCUT2D eigenvalue weighted by Crippen LogP contribution is -1.93. The van der Waals surface area contributed by atoms with Gasteiger partial charge < -0.3 is 0 Å². The van der Waals surface area contributed by atoms with Crippen LogP contribution in [-0.2, 0) is 0 Å². The minimum Gasteiger partial charge on any atom is -0.293 e. The van der Waals surface area contributed by atoms with E-state index in [0.717, 1.165) is 5.57 Å². The van der Waals surface area contributed by atoms with Gasteiger partial charge in [-0.05, 0) is 42.0 Å². The van der Waals surface area contributed by atoms with E-state index in [9.17, 15) is 0 Å². The largest absolute Gasteiger partial charge is 0.293 e. The Morgan fingerprint density at radius 2 is 1.94 bits per heavy atom. The summed E-state index contributed by atoms with van der Waals surface area (Å²) in [7, 11) is 0. The predicted molar refractivity (Wildman–Crippen MR) is 79.5 cm³/mol. The van der Waals surface area contributed by atoms with Crippen molar-refractivity contribution in [2.75, 3.05) is 0 Å². The number of thioether (sulfide) groups is 1. The lowest BCUT2D eigenvalue weighted by Gasteiger charge is -2.08. The van der Waals surface area contributed by atoms with Crippen LogP contribution in [0.2, 0.25) is 0 Å². The summed E-state index contributed by atoms with van der Waals surface area (Å²) in [5.41, 5.74) is 4.75.